The van der Waals surface area contributed by atoms with Gasteiger partial charge in [0.05, 0.1) is 6.61 Å². The smallest absolute Gasteiger partial charge is 0.305 e. The molecule has 0 radical (unpaired) electrons. The van der Waals surface area contributed by atoms with E-state index in [1.54, 1.807) is 0 Å². The van der Waals surface area contributed by atoms with E-state index in [4.69, 9.17) is 4.74 Å². The van der Waals surface area contributed by atoms with Crippen molar-refractivity contribution in [2.24, 2.45) is 5.92 Å². The van der Waals surface area contributed by atoms with Crippen molar-refractivity contribution in [3.63, 3.8) is 0 Å². The molecule has 0 aromatic carbocycles. The van der Waals surface area contributed by atoms with Gasteiger partial charge in [0, 0.05) is 6.42 Å². The van der Waals surface area contributed by atoms with E-state index in [-0.39, 0.29) is 5.97 Å². The Labute approximate surface area is 176 Å². The van der Waals surface area contributed by atoms with Crippen LogP contribution in [0.15, 0.2) is 24.3 Å². The van der Waals surface area contributed by atoms with Crippen LogP contribution in [0, 0.1) is 5.92 Å². The predicted octanol–water partition coefficient (Wildman–Crippen LogP) is 8.56. The van der Waals surface area contributed by atoms with Gasteiger partial charge < -0.3 is 4.74 Å². The van der Waals surface area contributed by atoms with E-state index in [0.717, 1.165) is 25.7 Å². The minimum Gasteiger partial charge on any atom is -0.465 e. The third-order valence-corrected chi connectivity index (χ3v) is 5.35. The van der Waals surface area contributed by atoms with Crippen molar-refractivity contribution in [3.8, 4) is 0 Å². The topological polar surface area (TPSA) is 26.3 Å². The Morgan fingerprint density at radius 3 is 2.00 bits per heavy atom. The van der Waals surface area contributed by atoms with E-state index in [1.807, 2.05) is 0 Å². The number of carbonyl (C=O) groups is 1. The van der Waals surface area contributed by atoms with E-state index in [1.165, 1.54) is 70.6 Å². The summed E-state index contributed by atoms with van der Waals surface area (Å²) >= 11 is 0. The van der Waals surface area contributed by atoms with Crippen molar-refractivity contribution in [2.45, 2.75) is 124 Å². The zero-order valence-corrected chi connectivity index (χ0v) is 19.2. The molecular weight excluding hydrogens is 344 g/mol. The quantitative estimate of drug-likeness (QED) is 0.118. The fourth-order valence-electron chi connectivity index (χ4n) is 3.26. The maximum atomic E-state index is 11.8. The number of hydrogen-bond donors (Lipinski definition) is 0. The lowest BCUT2D eigenvalue weighted by molar-refractivity contribution is -0.145. The summed E-state index contributed by atoms with van der Waals surface area (Å²) in [7, 11) is 0. The molecule has 1 unspecified atom stereocenters. The van der Waals surface area contributed by atoms with Crippen LogP contribution in [-0.2, 0) is 9.53 Å². The third kappa shape index (κ3) is 19.7. The van der Waals surface area contributed by atoms with Crippen LogP contribution in [0.3, 0.4) is 0 Å². The van der Waals surface area contributed by atoms with Crippen LogP contribution < -0.4 is 0 Å². The lowest BCUT2D eigenvalue weighted by atomic mass is 10.0. The van der Waals surface area contributed by atoms with E-state index in [9.17, 15) is 4.79 Å². The number of unbranched alkanes of at least 4 members (excludes halogenated alkanes) is 9. The molecule has 0 fully saturated rings. The summed E-state index contributed by atoms with van der Waals surface area (Å²) in [6.45, 7) is 7.27. The minimum atomic E-state index is 0.000584. The molecule has 0 aliphatic rings. The number of allylic oxidation sites excluding steroid dienone is 4. The molecular formula is C26H48O2. The Morgan fingerprint density at radius 1 is 0.750 bits per heavy atom. The Balaban J connectivity index is 3.42. The third-order valence-electron chi connectivity index (χ3n) is 5.35. The lowest BCUT2D eigenvalue weighted by Crippen LogP contribution is -2.13. The SMILES string of the molecule is CCCCC/C=C\C/C=C\CCCCCCCC(=O)OCC(CC)CCCC. The van der Waals surface area contributed by atoms with Crippen molar-refractivity contribution in [3.05, 3.63) is 24.3 Å². The second kappa shape index (κ2) is 22.2. The molecule has 0 heterocycles. The summed E-state index contributed by atoms with van der Waals surface area (Å²) in [6.07, 6.45) is 27.9. The summed E-state index contributed by atoms with van der Waals surface area (Å²) in [5.41, 5.74) is 0. The number of carbonyl (C=O) groups excluding carboxylic acids is 1. The monoisotopic (exact) mass is 392 g/mol. The van der Waals surface area contributed by atoms with Crippen LogP contribution in [0.25, 0.3) is 0 Å². The second-order valence-corrected chi connectivity index (χ2v) is 8.08. The normalized spacial score (nSPS) is 12.8. The molecule has 164 valence electrons. The van der Waals surface area contributed by atoms with Gasteiger partial charge in [0.2, 0.25) is 0 Å². The molecule has 2 heteroatoms. The Hall–Kier alpha value is -1.05. The number of esters is 1. The van der Waals surface area contributed by atoms with Gasteiger partial charge in [0.1, 0.15) is 0 Å². The molecule has 0 aliphatic heterocycles. The molecule has 0 N–H and O–H groups in total. The van der Waals surface area contributed by atoms with Crippen LogP contribution in [-0.4, -0.2) is 12.6 Å². The first-order chi connectivity index (χ1) is 13.7. The maximum Gasteiger partial charge on any atom is 0.305 e. The van der Waals surface area contributed by atoms with Crippen molar-refractivity contribution < 1.29 is 9.53 Å². The highest BCUT2D eigenvalue weighted by atomic mass is 16.5. The maximum absolute atomic E-state index is 11.8. The molecule has 1 atom stereocenters. The zero-order valence-electron chi connectivity index (χ0n) is 19.2. The first-order valence-corrected chi connectivity index (χ1v) is 12.2. The van der Waals surface area contributed by atoms with Gasteiger partial charge in [-0.15, -0.1) is 0 Å². The molecule has 0 bridgehead atoms. The molecule has 0 aromatic rings. The van der Waals surface area contributed by atoms with Gasteiger partial charge in [-0.25, -0.2) is 0 Å². The van der Waals surface area contributed by atoms with Gasteiger partial charge in [0.25, 0.3) is 0 Å². The largest absolute Gasteiger partial charge is 0.465 e. The molecule has 0 saturated heterocycles. The highest BCUT2D eigenvalue weighted by molar-refractivity contribution is 5.69. The Kier molecular flexibility index (Phi) is 21.4. The van der Waals surface area contributed by atoms with Crippen LogP contribution in [0.1, 0.15) is 124 Å². The molecule has 28 heavy (non-hydrogen) atoms. The highest BCUT2D eigenvalue weighted by Crippen LogP contribution is 2.14. The summed E-state index contributed by atoms with van der Waals surface area (Å²) in [4.78, 5) is 11.8. The molecule has 2 nitrogen and oxygen atoms in total. The lowest BCUT2D eigenvalue weighted by Gasteiger charge is -2.14. The molecule has 0 saturated carbocycles. The number of hydrogen-bond acceptors (Lipinski definition) is 2. The van der Waals surface area contributed by atoms with Crippen LogP contribution in [0.2, 0.25) is 0 Å². The van der Waals surface area contributed by atoms with Crippen LogP contribution in [0.5, 0.6) is 0 Å². The van der Waals surface area contributed by atoms with Crippen molar-refractivity contribution >= 4 is 5.97 Å². The van der Waals surface area contributed by atoms with Gasteiger partial charge in [0.15, 0.2) is 0 Å². The minimum absolute atomic E-state index is 0.000584. The fraction of sp³-hybridized carbons (Fsp3) is 0.808. The second-order valence-electron chi connectivity index (χ2n) is 8.08. The molecule has 0 spiro atoms. The predicted molar refractivity (Wildman–Crippen MR) is 124 cm³/mol. The summed E-state index contributed by atoms with van der Waals surface area (Å²) in [5.74, 6) is 0.550. The van der Waals surface area contributed by atoms with Crippen LogP contribution >= 0.6 is 0 Å². The van der Waals surface area contributed by atoms with Gasteiger partial charge in [-0.2, -0.15) is 0 Å². The molecule has 0 aromatic heterocycles. The summed E-state index contributed by atoms with van der Waals surface area (Å²) in [5, 5.41) is 0. The summed E-state index contributed by atoms with van der Waals surface area (Å²) < 4.78 is 5.46. The first-order valence-electron chi connectivity index (χ1n) is 12.2. The number of ether oxygens (including phenoxy) is 1. The molecule has 0 amide bonds. The standard InChI is InChI=1S/C26H48O2/c1-4-7-9-10-11-12-13-14-15-16-17-18-19-20-21-23-26(27)28-24-25(6-3)22-8-5-2/h11-12,14-15,25H,4-10,13,16-24H2,1-3H3/b12-11-,15-14-. The van der Waals surface area contributed by atoms with Gasteiger partial charge in [-0.05, 0) is 50.9 Å². The van der Waals surface area contributed by atoms with Crippen molar-refractivity contribution in [1.29, 1.82) is 0 Å². The van der Waals surface area contributed by atoms with Gasteiger partial charge in [-0.3, -0.25) is 4.79 Å². The highest BCUT2D eigenvalue weighted by Gasteiger charge is 2.09. The molecule has 0 rings (SSSR count). The van der Waals surface area contributed by atoms with E-state index >= 15 is 0 Å². The summed E-state index contributed by atoms with van der Waals surface area (Å²) in [6, 6.07) is 0. The van der Waals surface area contributed by atoms with Crippen molar-refractivity contribution in [1.82, 2.24) is 0 Å². The van der Waals surface area contributed by atoms with E-state index in [2.05, 4.69) is 45.1 Å². The number of rotatable bonds is 20. The average Bonchev–Trinajstić information content (AvgIpc) is 2.71. The van der Waals surface area contributed by atoms with E-state index in [0.29, 0.717) is 18.9 Å². The Bertz CT molecular complexity index is 384. The van der Waals surface area contributed by atoms with Crippen LogP contribution in [0.4, 0.5) is 0 Å². The fourth-order valence-corrected chi connectivity index (χ4v) is 3.26. The zero-order chi connectivity index (χ0) is 20.7. The molecule has 0 aliphatic carbocycles. The Morgan fingerprint density at radius 2 is 1.36 bits per heavy atom. The van der Waals surface area contributed by atoms with Crippen molar-refractivity contribution in [2.75, 3.05) is 6.61 Å². The average molecular weight is 393 g/mol. The first kappa shape index (κ1) is 27.0. The van der Waals surface area contributed by atoms with E-state index < -0.39 is 0 Å². The van der Waals surface area contributed by atoms with Gasteiger partial charge >= 0.3 is 5.97 Å². The van der Waals surface area contributed by atoms with Gasteiger partial charge in [-0.1, -0.05) is 96.4 Å².